The van der Waals surface area contributed by atoms with Crippen molar-refractivity contribution >= 4 is 22.7 Å². The average Bonchev–Trinajstić information content (AvgIpc) is 3.23. The van der Waals surface area contributed by atoms with Crippen LogP contribution in [0.3, 0.4) is 0 Å². The lowest BCUT2D eigenvalue weighted by molar-refractivity contribution is 0.0252. The number of esters is 1. The van der Waals surface area contributed by atoms with Gasteiger partial charge in [0.25, 0.3) is 0 Å². The van der Waals surface area contributed by atoms with Gasteiger partial charge in [0.15, 0.2) is 0 Å². The normalized spacial score (nSPS) is 17.3. The molecule has 0 bridgehead atoms. The fraction of sp³-hybridized carbons (Fsp3) is 0.333. The number of para-hydroxylation sites is 1. The van der Waals surface area contributed by atoms with Gasteiger partial charge in [0.2, 0.25) is 0 Å². The zero-order chi connectivity index (χ0) is 18.8. The summed E-state index contributed by atoms with van der Waals surface area (Å²) in [5.74, 6) is 1.07. The van der Waals surface area contributed by atoms with Crippen molar-refractivity contribution in [3.05, 3.63) is 59.5 Å². The van der Waals surface area contributed by atoms with E-state index in [-0.39, 0.29) is 12.1 Å². The van der Waals surface area contributed by atoms with Crippen LogP contribution in [-0.4, -0.2) is 37.3 Å². The summed E-state index contributed by atoms with van der Waals surface area (Å²) in [5.41, 5.74) is 2.27. The number of furan rings is 1. The Balaban J connectivity index is 1.79. The van der Waals surface area contributed by atoms with E-state index in [0.29, 0.717) is 37.7 Å². The van der Waals surface area contributed by atoms with Crippen molar-refractivity contribution in [3.63, 3.8) is 0 Å². The van der Waals surface area contributed by atoms with Crippen molar-refractivity contribution in [2.24, 2.45) is 0 Å². The number of anilines is 1. The van der Waals surface area contributed by atoms with E-state index in [0.717, 1.165) is 22.2 Å². The van der Waals surface area contributed by atoms with Crippen LogP contribution in [-0.2, 0) is 9.47 Å². The lowest BCUT2D eigenvalue weighted by Gasteiger charge is -2.34. The molecule has 0 radical (unpaired) electrons. The number of aromatic nitrogens is 1. The van der Waals surface area contributed by atoms with E-state index < -0.39 is 0 Å². The first-order valence-corrected chi connectivity index (χ1v) is 9.15. The molecule has 0 saturated carbocycles. The van der Waals surface area contributed by atoms with Crippen LogP contribution in [0.15, 0.2) is 47.1 Å². The van der Waals surface area contributed by atoms with Crippen LogP contribution in [0.25, 0.3) is 10.9 Å². The molecule has 1 fully saturated rings. The molecule has 2 aromatic heterocycles. The van der Waals surface area contributed by atoms with Gasteiger partial charge < -0.3 is 18.8 Å². The fourth-order valence-electron chi connectivity index (χ4n) is 3.53. The van der Waals surface area contributed by atoms with E-state index in [1.807, 2.05) is 50.2 Å². The minimum absolute atomic E-state index is 0.197. The van der Waals surface area contributed by atoms with Gasteiger partial charge in [-0.25, -0.2) is 9.78 Å². The highest BCUT2D eigenvalue weighted by atomic mass is 16.5. The number of nitrogens with zero attached hydrogens (tertiary/aromatic N) is 2. The molecule has 1 unspecified atom stereocenters. The van der Waals surface area contributed by atoms with Crippen molar-refractivity contribution in [2.75, 3.05) is 31.2 Å². The molecule has 1 atom stereocenters. The van der Waals surface area contributed by atoms with Crippen LogP contribution < -0.4 is 4.90 Å². The van der Waals surface area contributed by atoms with Gasteiger partial charge in [-0.3, -0.25) is 0 Å². The quantitative estimate of drug-likeness (QED) is 0.653. The third kappa shape index (κ3) is 3.28. The van der Waals surface area contributed by atoms with Gasteiger partial charge in [0, 0.05) is 11.9 Å². The first-order valence-electron chi connectivity index (χ1n) is 9.15. The van der Waals surface area contributed by atoms with Crippen molar-refractivity contribution in [3.8, 4) is 0 Å². The van der Waals surface area contributed by atoms with Crippen LogP contribution >= 0.6 is 0 Å². The SMILES string of the molecule is CCOC(=O)c1c(N2CCOC(c3ccco3)C2)nc2ccccc2c1C. The van der Waals surface area contributed by atoms with E-state index in [1.54, 1.807) is 6.26 Å². The number of rotatable bonds is 4. The van der Waals surface area contributed by atoms with Gasteiger partial charge in [-0.15, -0.1) is 0 Å². The molecule has 0 spiro atoms. The molecule has 0 amide bonds. The number of carbonyl (C=O) groups is 1. The fourth-order valence-corrected chi connectivity index (χ4v) is 3.53. The summed E-state index contributed by atoms with van der Waals surface area (Å²) in [6.45, 7) is 5.82. The zero-order valence-corrected chi connectivity index (χ0v) is 15.5. The van der Waals surface area contributed by atoms with Crippen LogP contribution in [0, 0.1) is 6.92 Å². The Bertz CT molecular complexity index is 952. The summed E-state index contributed by atoms with van der Waals surface area (Å²) in [6.07, 6.45) is 1.44. The number of hydrogen-bond acceptors (Lipinski definition) is 6. The summed E-state index contributed by atoms with van der Waals surface area (Å²) in [4.78, 5) is 19.6. The largest absolute Gasteiger partial charge is 0.467 e. The maximum absolute atomic E-state index is 12.7. The molecule has 27 heavy (non-hydrogen) atoms. The van der Waals surface area contributed by atoms with Gasteiger partial charge in [0.1, 0.15) is 23.2 Å². The first-order chi connectivity index (χ1) is 13.2. The average molecular weight is 366 g/mol. The highest BCUT2D eigenvalue weighted by molar-refractivity contribution is 6.02. The van der Waals surface area contributed by atoms with Crippen molar-refractivity contribution < 1.29 is 18.7 Å². The van der Waals surface area contributed by atoms with Gasteiger partial charge in [-0.1, -0.05) is 18.2 Å². The zero-order valence-electron chi connectivity index (χ0n) is 15.5. The number of morpholine rings is 1. The Morgan fingerprint density at radius 1 is 1.30 bits per heavy atom. The second-order valence-corrected chi connectivity index (χ2v) is 6.49. The number of fused-ring (bicyclic) bond motifs is 1. The Labute approximate surface area is 157 Å². The molecule has 4 rings (SSSR count). The molecule has 6 heteroatoms. The number of aryl methyl sites for hydroxylation is 1. The molecular formula is C21H22N2O4. The molecule has 1 aliphatic heterocycles. The molecular weight excluding hydrogens is 344 g/mol. The monoisotopic (exact) mass is 366 g/mol. The Kier molecular flexibility index (Phi) is 4.81. The minimum atomic E-state index is -0.343. The summed E-state index contributed by atoms with van der Waals surface area (Å²) in [5, 5.41) is 0.958. The van der Waals surface area contributed by atoms with Crippen molar-refractivity contribution in [2.45, 2.75) is 20.0 Å². The lowest BCUT2D eigenvalue weighted by Crippen LogP contribution is -2.39. The highest BCUT2D eigenvalue weighted by Gasteiger charge is 2.29. The van der Waals surface area contributed by atoms with E-state index >= 15 is 0 Å². The number of ether oxygens (including phenoxy) is 2. The predicted octanol–water partition coefficient (Wildman–Crippen LogP) is 3.89. The molecule has 0 aliphatic carbocycles. The standard InChI is InChI=1S/C21H22N2O4/c1-3-25-21(24)19-14(2)15-7-4-5-8-16(15)22-20(19)23-10-12-27-18(13-23)17-9-6-11-26-17/h4-9,11,18H,3,10,12-13H2,1-2H3. The number of benzene rings is 1. The van der Waals surface area contributed by atoms with Gasteiger partial charge in [0.05, 0.1) is 31.5 Å². The summed E-state index contributed by atoms with van der Waals surface area (Å²) in [7, 11) is 0. The highest BCUT2D eigenvalue weighted by Crippen LogP contribution is 2.32. The molecule has 140 valence electrons. The lowest BCUT2D eigenvalue weighted by atomic mass is 10.0. The Morgan fingerprint density at radius 3 is 2.93 bits per heavy atom. The first kappa shape index (κ1) is 17.5. The maximum atomic E-state index is 12.7. The summed E-state index contributed by atoms with van der Waals surface area (Å²) in [6, 6.07) is 11.6. The number of pyridine rings is 1. The van der Waals surface area contributed by atoms with Crippen molar-refractivity contribution in [1.82, 2.24) is 4.98 Å². The minimum Gasteiger partial charge on any atom is -0.467 e. The number of hydrogen-bond donors (Lipinski definition) is 0. The van der Waals surface area contributed by atoms with Gasteiger partial charge >= 0.3 is 5.97 Å². The second-order valence-electron chi connectivity index (χ2n) is 6.49. The van der Waals surface area contributed by atoms with Gasteiger partial charge in [-0.05, 0) is 37.6 Å². The van der Waals surface area contributed by atoms with Crippen LogP contribution in [0.5, 0.6) is 0 Å². The maximum Gasteiger partial charge on any atom is 0.342 e. The number of carbonyl (C=O) groups excluding carboxylic acids is 1. The molecule has 6 nitrogen and oxygen atoms in total. The van der Waals surface area contributed by atoms with Crippen molar-refractivity contribution in [1.29, 1.82) is 0 Å². The molecule has 1 saturated heterocycles. The van der Waals surface area contributed by atoms with E-state index in [9.17, 15) is 4.79 Å². The molecule has 0 N–H and O–H groups in total. The predicted molar refractivity (Wildman–Crippen MR) is 102 cm³/mol. The Hall–Kier alpha value is -2.86. The van der Waals surface area contributed by atoms with Gasteiger partial charge in [-0.2, -0.15) is 0 Å². The molecule has 1 aliphatic rings. The molecule has 3 aromatic rings. The topological polar surface area (TPSA) is 64.8 Å². The molecule has 3 heterocycles. The molecule has 1 aromatic carbocycles. The smallest absolute Gasteiger partial charge is 0.342 e. The summed E-state index contributed by atoms with van der Waals surface area (Å²) >= 11 is 0. The third-order valence-corrected chi connectivity index (χ3v) is 4.84. The Morgan fingerprint density at radius 2 is 2.15 bits per heavy atom. The van der Waals surface area contributed by atoms with Crippen LogP contribution in [0.1, 0.15) is 34.7 Å². The third-order valence-electron chi connectivity index (χ3n) is 4.84. The van der Waals surface area contributed by atoms with E-state index in [4.69, 9.17) is 18.9 Å². The van der Waals surface area contributed by atoms with Crippen LogP contribution in [0.4, 0.5) is 5.82 Å². The summed E-state index contributed by atoms with van der Waals surface area (Å²) < 4.78 is 16.7. The second kappa shape index (κ2) is 7.40. The van der Waals surface area contributed by atoms with E-state index in [1.165, 1.54) is 0 Å². The van der Waals surface area contributed by atoms with E-state index in [2.05, 4.69) is 4.90 Å². The van der Waals surface area contributed by atoms with Crippen LogP contribution in [0.2, 0.25) is 0 Å².